The molecule has 2 rings (SSSR count). The average Bonchev–Trinajstić information content (AvgIpc) is 2.49. The number of hydrogen-bond acceptors (Lipinski definition) is 2. The largest absolute Gasteiger partial charge is 0.492 e. The van der Waals surface area contributed by atoms with E-state index >= 15 is 0 Å². The first kappa shape index (κ1) is 15.6. The number of carbonyl (C=O) groups is 1. The highest BCUT2D eigenvalue weighted by atomic mass is 79.9. The Balaban J connectivity index is 1.87. The number of nitrogens with zero attached hydrogens (tertiary/aromatic N) is 1. The minimum Gasteiger partial charge on any atom is -0.492 e. The third-order valence-corrected chi connectivity index (χ3v) is 3.86. The van der Waals surface area contributed by atoms with Crippen molar-refractivity contribution in [1.29, 1.82) is 0 Å². The fourth-order valence-corrected chi connectivity index (χ4v) is 2.33. The van der Waals surface area contributed by atoms with E-state index in [0.717, 1.165) is 10.2 Å². The van der Waals surface area contributed by atoms with Crippen LogP contribution < -0.4 is 4.74 Å². The molecule has 2 aromatic carbocycles. The molecule has 2 aromatic rings. The predicted octanol–water partition coefficient (Wildman–Crippen LogP) is 3.91. The number of hydrogen-bond donors (Lipinski definition) is 0. The van der Waals surface area contributed by atoms with E-state index in [2.05, 4.69) is 15.9 Å². The molecule has 4 heteroatoms. The minimum absolute atomic E-state index is 0.0185. The molecule has 0 N–H and O–H groups in total. The summed E-state index contributed by atoms with van der Waals surface area (Å²) in [5.74, 6) is 0.803. The second kappa shape index (κ2) is 7.27. The molecule has 0 aliphatic heterocycles. The van der Waals surface area contributed by atoms with E-state index in [1.165, 1.54) is 5.56 Å². The number of amides is 1. The van der Waals surface area contributed by atoms with Crippen molar-refractivity contribution in [2.45, 2.75) is 6.92 Å². The molecule has 0 saturated carbocycles. The Kier molecular flexibility index (Phi) is 5.39. The number of aryl methyl sites for hydroxylation is 1. The van der Waals surface area contributed by atoms with Gasteiger partial charge in [0.15, 0.2) is 0 Å². The summed E-state index contributed by atoms with van der Waals surface area (Å²) in [6, 6.07) is 15.3. The maximum absolute atomic E-state index is 12.3. The van der Waals surface area contributed by atoms with Crippen LogP contribution in [-0.4, -0.2) is 31.0 Å². The zero-order valence-electron chi connectivity index (χ0n) is 12.2. The van der Waals surface area contributed by atoms with Gasteiger partial charge in [0.25, 0.3) is 5.91 Å². The molecule has 0 saturated heterocycles. The lowest BCUT2D eigenvalue weighted by molar-refractivity contribution is 0.0773. The predicted molar refractivity (Wildman–Crippen MR) is 87.8 cm³/mol. The van der Waals surface area contributed by atoms with Crippen LogP contribution >= 0.6 is 15.9 Å². The molecule has 0 atom stereocenters. The Morgan fingerprint density at radius 1 is 1.14 bits per heavy atom. The molecule has 3 nitrogen and oxygen atoms in total. The molecule has 110 valence electrons. The van der Waals surface area contributed by atoms with Crippen LogP contribution in [0.25, 0.3) is 0 Å². The smallest absolute Gasteiger partial charge is 0.254 e. The van der Waals surface area contributed by atoms with Gasteiger partial charge in [-0.15, -0.1) is 0 Å². The first-order chi connectivity index (χ1) is 10.1. The number of benzene rings is 2. The van der Waals surface area contributed by atoms with Gasteiger partial charge in [-0.25, -0.2) is 0 Å². The summed E-state index contributed by atoms with van der Waals surface area (Å²) in [4.78, 5) is 14.0. The summed E-state index contributed by atoms with van der Waals surface area (Å²) in [7, 11) is 1.78. The maximum Gasteiger partial charge on any atom is 0.254 e. The summed E-state index contributed by atoms with van der Waals surface area (Å²) < 4.78 is 6.45. The van der Waals surface area contributed by atoms with Gasteiger partial charge in [-0.05, 0) is 47.1 Å². The van der Waals surface area contributed by atoms with Gasteiger partial charge in [-0.2, -0.15) is 0 Å². The van der Waals surface area contributed by atoms with Crippen LogP contribution in [0.1, 0.15) is 15.9 Å². The van der Waals surface area contributed by atoms with E-state index in [9.17, 15) is 4.79 Å². The highest BCUT2D eigenvalue weighted by molar-refractivity contribution is 9.10. The van der Waals surface area contributed by atoms with Crippen molar-refractivity contribution < 1.29 is 9.53 Å². The van der Waals surface area contributed by atoms with Crippen LogP contribution in [0.2, 0.25) is 0 Å². The average molecular weight is 348 g/mol. The topological polar surface area (TPSA) is 29.5 Å². The monoisotopic (exact) mass is 347 g/mol. The Morgan fingerprint density at radius 3 is 2.48 bits per heavy atom. The van der Waals surface area contributed by atoms with Gasteiger partial charge in [0, 0.05) is 11.5 Å². The summed E-state index contributed by atoms with van der Waals surface area (Å²) in [6.07, 6.45) is 0. The van der Waals surface area contributed by atoms with Crippen molar-refractivity contribution >= 4 is 21.8 Å². The minimum atomic E-state index is -0.0185. The number of carbonyl (C=O) groups excluding carboxylic acids is 1. The van der Waals surface area contributed by atoms with Gasteiger partial charge in [0.05, 0.1) is 12.1 Å². The zero-order chi connectivity index (χ0) is 15.2. The van der Waals surface area contributed by atoms with Gasteiger partial charge < -0.3 is 9.64 Å². The summed E-state index contributed by atoms with van der Waals surface area (Å²) >= 11 is 3.40. The number of ether oxygens (including phenoxy) is 1. The van der Waals surface area contributed by atoms with Crippen LogP contribution in [-0.2, 0) is 0 Å². The van der Waals surface area contributed by atoms with Gasteiger partial charge >= 0.3 is 0 Å². The van der Waals surface area contributed by atoms with E-state index in [-0.39, 0.29) is 5.91 Å². The fraction of sp³-hybridized carbons (Fsp3) is 0.235. The number of rotatable bonds is 5. The Hall–Kier alpha value is -1.81. The molecule has 0 aliphatic carbocycles. The molecule has 21 heavy (non-hydrogen) atoms. The molecule has 0 heterocycles. The van der Waals surface area contributed by atoms with Crippen molar-refractivity contribution in [3.63, 3.8) is 0 Å². The molecule has 0 radical (unpaired) electrons. The lowest BCUT2D eigenvalue weighted by Crippen LogP contribution is -2.31. The standard InChI is InChI=1S/C17H18BrNO2/c1-13-7-9-14(10-8-13)21-12-11-19(2)17(20)15-5-3-4-6-16(15)18/h3-10H,11-12H2,1-2H3. The van der Waals surface area contributed by atoms with Crippen LogP contribution in [0, 0.1) is 6.92 Å². The van der Waals surface area contributed by atoms with Gasteiger partial charge in [-0.1, -0.05) is 29.8 Å². The lowest BCUT2D eigenvalue weighted by Gasteiger charge is -2.18. The highest BCUT2D eigenvalue weighted by Gasteiger charge is 2.14. The van der Waals surface area contributed by atoms with E-state index in [1.807, 2.05) is 55.5 Å². The Bertz CT molecular complexity index is 610. The molecule has 0 spiro atoms. The van der Waals surface area contributed by atoms with Crippen molar-refractivity contribution in [1.82, 2.24) is 4.90 Å². The third-order valence-electron chi connectivity index (χ3n) is 3.17. The van der Waals surface area contributed by atoms with Gasteiger partial charge in [-0.3, -0.25) is 4.79 Å². The Morgan fingerprint density at radius 2 is 1.81 bits per heavy atom. The SMILES string of the molecule is Cc1ccc(OCCN(C)C(=O)c2ccccc2Br)cc1. The number of halogens is 1. The summed E-state index contributed by atoms with van der Waals surface area (Å²) in [5, 5.41) is 0. The second-order valence-corrected chi connectivity index (χ2v) is 5.72. The lowest BCUT2D eigenvalue weighted by atomic mass is 10.2. The van der Waals surface area contributed by atoms with Crippen molar-refractivity contribution in [2.24, 2.45) is 0 Å². The highest BCUT2D eigenvalue weighted by Crippen LogP contribution is 2.17. The van der Waals surface area contributed by atoms with Crippen molar-refractivity contribution in [2.75, 3.05) is 20.2 Å². The van der Waals surface area contributed by atoms with Crippen LogP contribution in [0.3, 0.4) is 0 Å². The summed E-state index contributed by atoms with van der Waals surface area (Å²) in [5.41, 5.74) is 1.86. The van der Waals surface area contributed by atoms with Gasteiger partial charge in [0.2, 0.25) is 0 Å². The third kappa shape index (κ3) is 4.33. The molecule has 0 aromatic heterocycles. The molecule has 0 fully saturated rings. The maximum atomic E-state index is 12.3. The number of likely N-dealkylation sites (N-methyl/N-ethyl adjacent to an activating group) is 1. The van der Waals surface area contributed by atoms with E-state index < -0.39 is 0 Å². The normalized spacial score (nSPS) is 10.2. The first-order valence-corrected chi connectivity index (χ1v) is 7.56. The Labute approximate surface area is 133 Å². The van der Waals surface area contributed by atoms with Crippen LogP contribution in [0.5, 0.6) is 5.75 Å². The van der Waals surface area contributed by atoms with Crippen LogP contribution in [0.4, 0.5) is 0 Å². The molecule has 0 aliphatic rings. The quantitative estimate of drug-likeness (QED) is 0.820. The molecule has 1 amide bonds. The second-order valence-electron chi connectivity index (χ2n) is 4.87. The van der Waals surface area contributed by atoms with E-state index in [4.69, 9.17) is 4.74 Å². The molecular weight excluding hydrogens is 330 g/mol. The first-order valence-electron chi connectivity index (χ1n) is 6.77. The molecular formula is C17H18BrNO2. The fourth-order valence-electron chi connectivity index (χ4n) is 1.88. The zero-order valence-corrected chi connectivity index (χ0v) is 13.8. The molecule has 0 unspecified atom stereocenters. The van der Waals surface area contributed by atoms with Crippen LogP contribution in [0.15, 0.2) is 53.0 Å². The van der Waals surface area contributed by atoms with E-state index in [0.29, 0.717) is 18.7 Å². The summed E-state index contributed by atoms with van der Waals surface area (Å²) in [6.45, 7) is 3.04. The van der Waals surface area contributed by atoms with Crippen molar-refractivity contribution in [3.8, 4) is 5.75 Å². The van der Waals surface area contributed by atoms with E-state index in [1.54, 1.807) is 11.9 Å². The van der Waals surface area contributed by atoms with Gasteiger partial charge in [0.1, 0.15) is 12.4 Å². The van der Waals surface area contributed by atoms with Crippen molar-refractivity contribution in [3.05, 3.63) is 64.1 Å². The molecule has 0 bridgehead atoms.